The third-order valence-electron chi connectivity index (χ3n) is 1.64. The molecule has 0 spiro atoms. The molecule has 1 aromatic rings. The molecule has 2 nitrogen and oxygen atoms in total. The van der Waals surface area contributed by atoms with Crippen LogP contribution in [0.25, 0.3) is 0 Å². The highest BCUT2D eigenvalue weighted by Crippen LogP contribution is 2.31. The average Bonchev–Trinajstić information content (AvgIpc) is 2.08. The van der Waals surface area contributed by atoms with Gasteiger partial charge in [0, 0.05) is 10.5 Å². The van der Waals surface area contributed by atoms with E-state index in [0.717, 1.165) is 0 Å². The Hall–Kier alpha value is -0.670. The number of carbonyl (C=O) groups excluding carboxylic acids is 1. The minimum Gasteiger partial charge on any atom is -0.508 e. The van der Waals surface area contributed by atoms with Crippen molar-refractivity contribution in [2.45, 2.75) is 17.2 Å². The Kier molecular flexibility index (Phi) is 3.22. The average molecular weight is 217 g/mol. The molecule has 1 rings (SSSR count). The standard InChI is InChI=1S/C9H9ClO2S/c1-5(11)9(10)7-4-6(13)2-3-8(7)12/h2-4,9,12-13H,1H3. The van der Waals surface area contributed by atoms with Gasteiger partial charge in [-0.2, -0.15) is 0 Å². The van der Waals surface area contributed by atoms with E-state index in [0.29, 0.717) is 10.5 Å². The minimum atomic E-state index is -0.799. The van der Waals surface area contributed by atoms with Crippen LogP contribution >= 0.6 is 24.2 Å². The number of alkyl halides is 1. The van der Waals surface area contributed by atoms with E-state index in [2.05, 4.69) is 12.6 Å². The number of ketones is 1. The number of carbonyl (C=O) groups is 1. The highest BCUT2D eigenvalue weighted by molar-refractivity contribution is 7.80. The van der Waals surface area contributed by atoms with E-state index in [1.165, 1.54) is 13.0 Å². The van der Waals surface area contributed by atoms with Crippen molar-refractivity contribution in [2.75, 3.05) is 0 Å². The van der Waals surface area contributed by atoms with Crippen LogP contribution in [0.3, 0.4) is 0 Å². The third-order valence-corrected chi connectivity index (χ3v) is 2.46. The van der Waals surface area contributed by atoms with Crippen molar-refractivity contribution in [3.63, 3.8) is 0 Å². The number of rotatable bonds is 2. The molecule has 0 saturated carbocycles. The van der Waals surface area contributed by atoms with E-state index < -0.39 is 5.38 Å². The topological polar surface area (TPSA) is 37.3 Å². The van der Waals surface area contributed by atoms with E-state index in [1.807, 2.05) is 0 Å². The first-order valence-corrected chi connectivity index (χ1v) is 4.57. The number of halogens is 1. The molecule has 0 aliphatic carbocycles. The summed E-state index contributed by atoms with van der Waals surface area (Å²) >= 11 is 9.86. The monoisotopic (exact) mass is 216 g/mol. The number of hydrogen-bond acceptors (Lipinski definition) is 3. The van der Waals surface area contributed by atoms with Crippen LogP contribution in [0, 0.1) is 0 Å². The molecular weight excluding hydrogens is 208 g/mol. The first-order chi connectivity index (χ1) is 6.02. The van der Waals surface area contributed by atoms with Gasteiger partial charge in [0.25, 0.3) is 0 Å². The number of Topliss-reactive ketones (excluding diaryl/α,β-unsaturated/α-hetero) is 1. The lowest BCUT2D eigenvalue weighted by atomic mass is 10.1. The van der Waals surface area contributed by atoms with E-state index in [4.69, 9.17) is 11.6 Å². The normalized spacial score (nSPS) is 12.5. The van der Waals surface area contributed by atoms with Crippen LogP contribution in [0.15, 0.2) is 23.1 Å². The fourth-order valence-electron chi connectivity index (χ4n) is 0.964. The van der Waals surface area contributed by atoms with Crippen molar-refractivity contribution >= 4 is 30.0 Å². The molecule has 13 heavy (non-hydrogen) atoms. The van der Waals surface area contributed by atoms with Crippen LogP contribution in [0.2, 0.25) is 0 Å². The van der Waals surface area contributed by atoms with E-state index in [9.17, 15) is 9.90 Å². The maximum Gasteiger partial charge on any atom is 0.152 e. The molecule has 0 heterocycles. The van der Waals surface area contributed by atoms with Gasteiger partial charge in [0.1, 0.15) is 11.1 Å². The Balaban J connectivity index is 3.12. The maximum atomic E-state index is 10.9. The van der Waals surface area contributed by atoms with Gasteiger partial charge in [-0.15, -0.1) is 24.2 Å². The largest absolute Gasteiger partial charge is 0.508 e. The summed E-state index contributed by atoms with van der Waals surface area (Å²) < 4.78 is 0. The lowest BCUT2D eigenvalue weighted by Crippen LogP contribution is -2.01. The molecule has 0 aliphatic rings. The van der Waals surface area contributed by atoms with Gasteiger partial charge in [-0.05, 0) is 25.1 Å². The molecule has 1 unspecified atom stereocenters. The van der Waals surface area contributed by atoms with Crippen LogP contribution in [0.4, 0.5) is 0 Å². The third kappa shape index (κ3) is 2.39. The molecule has 70 valence electrons. The van der Waals surface area contributed by atoms with Crippen molar-refractivity contribution in [3.8, 4) is 5.75 Å². The molecule has 4 heteroatoms. The molecule has 0 fully saturated rings. The van der Waals surface area contributed by atoms with Gasteiger partial charge in [-0.1, -0.05) is 0 Å². The number of hydrogen-bond donors (Lipinski definition) is 2. The van der Waals surface area contributed by atoms with Crippen LogP contribution in [-0.4, -0.2) is 10.9 Å². The molecule has 0 bridgehead atoms. The summed E-state index contributed by atoms with van der Waals surface area (Å²) in [5.74, 6) is -0.177. The Morgan fingerprint density at radius 1 is 1.62 bits per heavy atom. The van der Waals surface area contributed by atoms with Crippen molar-refractivity contribution < 1.29 is 9.90 Å². The predicted octanol–water partition coefficient (Wildman–Crippen LogP) is 2.55. The first kappa shape index (κ1) is 10.4. The first-order valence-electron chi connectivity index (χ1n) is 3.68. The molecule has 0 amide bonds. The molecule has 1 N–H and O–H groups in total. The highest BCUT2D eigenvalue weighted by atomic mass is 35.5. The van der Waals surface area contributed by atoms with Crippen molar-refractivity contribution in [2.24, 2.45) is 0 Å². The SMILES string of the molecule is CC(=O)C(Cl)c1cc(S)ccc1O. The Morgan fingerprint density at radius 2 is 2.23 bits per heavy atom. The molecular formula is C9H9ClO2S. The number of phenols is 1. The van der Waals surface area contributed by atoms with Crippen molar-refractivity contribution in [3.05, 3.63) is 23.8 Å². The second kappa shape index (κ2) is 4.03. The van der Waals surface area contributed by atoms with Gasteiger partial charge < -0.3 is 5.11 Å². The van der Waals surface area contributed by atoms with E-state index >= 15 is 0 Å². The summed E-state index contributed by atoms with van der Waals surface area (Å²) in [4.78, 5) is 11.6. The van der Waals surface area contributed by atoms with Crippen LogP contribution in [0.5, 0.6) is 5.75 Å². The zero-order valence-electron chi connectivity index (χ0n) is 6.99. The van der Waals surface area contributed by atoms with E-state index in [1.54, 1.807) is 12.1 Å². The fourth-order valence-corrected chi connectivity index (χ4v) is 1.35. The molecule has 0 aliphatic heterocycles. The summed E-state index contributed by atoms with van der Waals surface area (Å²) in [6, 6.07) is 4.68. The molecule has 1 aromatic carbocycles. The fraction of sp³-hybridized carbons (Fsp3) is 0.222. The number of benzene rings is 1. The van der Waals surface area contributed by atoms with Gasteiger partial charge >= 0.3 is 0 Å². The predicted molar refractivity (Wildman–Crippen MR) is 54.6 cm³/mol. The van der Waals surface area contributed by atoms with Gasteiger partial charge in [-0.3, -0.25) is 4.79 Å². The minimum absolute atomic E-state index is 0.0213. The number of thiol groups is 1. The smallest absolute Gasteiger partial charge is 0.152 e. The van der Waals surface area contributed by atoms with Crippen molar-refractivity contribution in [1.29, 1.82) is 0 Å². The zero-order chi connectivity index (χ0) is 10.0. The summed E-state index contributed by atoms with van der Waals surface area (Å²) in [5, 5.41) is 8.58. The molecule has 0 aromatic heterocycles. The Bertz CT molecular complexity index is 338. The van der Waals surface area contributed by atoms with Gasteiger partial charge in [-0.25, -0.2) is 0 Å². The van der Waals surface area contributed by atoms with Gasteiger partial charge in [0.05, 0.1) is 0 Å². The van der Waals surface area contributed by atoms with Crippen LogP contribution < -0.4 is 0 Å². The second-order valence-electron chi connectivity index (χ2n) is 2.72. The van der Waals surface area contributed by atoms with E-state index in [-0.39, 0.29) is 11.5 Å². The molecule has 1 atom stereocenters. The van der Waals surface area contributed by atoms with Crippen LogP contribution in [0.1, 0.15) is 17.9 Å². The number of phenolic OH excluding ortho intramolecular Hbond substituents is 1. The highest BCUT2D eigenvalue weighted by Gasteiger charge is 2.16. The Morgan fingerprint density at radius 3 is 2.77 bits per heavy atom. The summed E-state index contributed by atoms with van der Waals surface area (Å²) in [5.41, 5.74) is 0.404. The Labute approximate surface area is 86.9 Å². The quantitative estimate of drug-likeness (QED) is 0.589. The zero-order valence-corrected chi connectivity index (χ0v) is 8.64. The second-order valence-corrected chi connectivity index (χ2v) is 3.67. The van der Waals surface area contributed by atoms with Crippen molar-refractivity contribution in [1.82, 2.24) is 0 Å². The maximum absolute atomic E-state index is 10.9. The van der Waals surface area contributed by atoms with Gasteiger partial charge in [0.2, 0.25) is 0 Å². The number of aromatic hydroxyl groups is 1. The van der Waals surface area contributed by atoms with Gasteiger partial charge in [0.15, 0.2) is 5.78 Å². The molecule has 0 saturated heterocycles. The molecule has 0 radical (unpaired) electrons. The summed E-state index contributed by atoms with van der Waals surface area (Å²) in [6.07, 6.45) is 0. The van der Waals surface area contributed by atoms with Crippen LogP contribution in [-0.2, 0) is 4.79 Å². The summed E-state index contributed by atoms with van der Waals surface area (Å²) in [6.45, 7) is 1.38. The lowest BCUT2D eigenvalue weighted by molar-refractivity contribution is -0.116. The lowest BCUT2D eigenvalue weighted by Gasteiger charge is -2.08. The summed E-state index contributed by atoms with van der Waals surface area (Å²) in [7, 11) is 0.